The predicted octanol–water partition coefficient (Wildman–Crippen LogP) is 2.52. The quantitative estimate of drug-likeness (QED) is 0.439. The highest BCUT2D eigenvalue weighted by molar-refractivity contribution is 6.04. The van der Waals surface area contributed by atoms with E-state index in [9.17, 15) is 4.79 Å². The number of rotatable bonds is 4. The molecule has 10 heteroatoms. The second-order valence-electron chi connectivity index (χ2n) is 7.82. The van der Waals surface area contributed by atoms with Crippen molar-refractivity contribution in [2.45, 2.75) is 18.9 Å². The van der Waals surface area contributed by atoms with E-state index >= 15 is 0 Å². The van der Waals surface area contributed by atoms with Crippen molar-refractivity contribution in [2.75, 3.05) is 24.1 Å². The zero-order valence-electron chi connectivity index (χ0n) is 17.7. The number of pyridine rings is 1. The summed E-state index contributed by atoms with van der Waals surface area (Å²) in [6.45, 7) is 1.82. The fraction of sp³-hybridized carbons (Fsp3) is 0.217. The zero-order valence-corrected chi connectivity index (χ0v) is 17.7. The Labute approximate surface area is 189 Å². The molecule has 1 aliphatic rings. The molecule has 1 aliphatic heterocycles. The van der Waals surface area contributed by atoms with Crippen molar-refractivity contribution >= 4 is 28.6 Å². The molecule has 0 unspecified atom stereocenters. The second kappa shape index (κ2) is 8.64. The molecular weight excluding hydrogens is 418 g/mol. The summed E-state index contributed by atoms with van der Waals surface area (Å²) in [5.74, 6) is 0.366. The molecule has 4 N–H and O–H groups in total. The number of aromatic nitrogens is 5. The Morgan fingerprint density at radius 1 is 1.21 bits per heavy atom. The van der Waals surface area contributed by atoms with Crippen molar-refractivity contribution in [1.29, 1.82) is 5.26 Å². The molecule has 164 valence electrons. The maximum Gasteiger partial charge on any atom is 0.256 e. The molecule has 1 amide bonds. The third kappa shape index (κ3) is 3.97. The molecule has 1 atom stereocenters. The number of hydrogen-bond donors (Lipinski definition) is 3. The van der Waals surface area contributed by atoms with Gasteiger partial charge in [0, 0.05) is 23.9 Å². The van der Waals surface area contributed by atoms with E-state index in [1.807, 2.05) is 22.9 Å². The van der Waals surface area contributed by atoms with Crippen LogP contribution in [0.15, 0.2) is 48.9 Å². The number of hydrogen-bond acceptors (Lipinski definition) is 8. The lowest BCUT2D eigenvalue weighted by Gasteiger charge is -2.23. The minimum atomic E-state index is -0.323. The fourth-order valence-corrected chi connectivity index (χ4v) is 4.03. The molecule has 0 bridgehead atoms. The molecule has 0 radical (unpaired) electrons. The summed E-state index contributed by atoms with van der Waals surface area (Å²) in [5.41, 5.74) is 9.28. The molecular formula is C23H21N9O. The van der Waals surface area contributed by atoms with Crippen LogP contribution in [0.2, 0.25) is 0 Å². The van der Waals surface area contributed by atoms with Gasteiger partial charge in [0.1, 0.15) is 23.7 Å². The van der Waals surface area contributed by atoms with Gasteiger partial charge in [-0.2, -0.15) is 10.4 Å². The van der Waals surface area contributed by atoms with Crippen molar-refractivity contribution in [3.63, 3.8) is 0 Å². The number of benzene rings is 1. The summed E-state index contributed by atoms with van der Waals surface area (Å²) < 4.78 is 1.93. The number of nitrogens with zero attached hydrogens (tertiary/aromatic N) is 6. The second-order valence-corrected chi connectivity index (χ2v) is 7.82. The standard InChI is InChI=1S/C23H21N9O/c24-11-14-7-9-27-18(10-14)30-23(33)16-5-3-15(4-6-16)20-19-21(25)28-13-29-22(19)32(31-20)17-2-1-8-26-12-17/h3-7,9-10,13,17,26H,1-2,8,12H2,(H2,25,28,29)(H,27,30,33)/t17-/m1/s1. The molecule has 1 fully saturated rings. The van der Waals surface area contributed by atoms with Crippen LogP contribution in [0.5, 0.6) is 0 Å². The summed E-state index contributed by atoms with van der Waals surface area (Å²) in [5, 5.41) is 20.7. The summed E-state index contributed by atoms with van der Waals surface area (Å²) in [6.07, 6.45) is 5.01. The molecule has 4 heterocycles. The number of piperidine rings is 1. The van der Waals surface area contributed by atoms with E-state index in [4.69, 9.17) is 16.1 Å². The van der Waals surface area contributed by atoms with Crippen molar-refractivity contribution in [1.82, 2.24) is 30.0 Å². The first-order chi connectivity index (χ1) is 16.1. The largest absolute Gasteiger partial charge is 0.383 e. The zero-order chi connectivity index (χ0) is 22.8. The van der Waals surface area contributed by atoms with Crippen molar-refractivity contribution < 1.29 is 4.79 Å². The number of fused-ring (bicyclic) bond motifs is 1. The van der Waals surface area contributed by atoms with Crippen molar-refractivity contribution in [2.24, 2.45) is 0 Å². The third-order valence-corrected chi connectivity index (χ3v) is 5.69. The number of carbonyl (C=O) groups is 1. The fourth-order valence-electron chi connectivity index (χ4n) is 4.03. The van der Waals surface area contributed by atoms with Crippen LogP contribution in [0, 0.1) is 11.3 Å². The number of nitriles is 1. The van der Waals surface area contributed by atoms with Crippen LogP contribution in [-0.2, 0) is 0 Å². The van der Waals surface area contributed by atoms with Gasteiger partial charge in [-0.25, -0.2) is 19.6 Å². The van der Waals surface area contributed by atoms with Crippen molar-refractivity contribution in [3.8, 4) is 17.3 Å². The summed E-state index contributed by atoms with van der Waals surface area (Å²) in [6, 6.07) is 12.4. The van der Waals surface area contributed by atoms with Gasteiger partial charge in [-0.3, -0.25) is 4.79 Å². The highest BCUT2D eigenvalue weighted by Gasteiger charge is 2.23. The van der Waals surface area contributed by atoms with E-state index in [2.05, 4.69) is 25.6 Å². The highest BCUT2D eigenvalue weighted by atomic mass is 16.1. The van der Waals surface area contributed by atoms with Gasteiger partial charge in [0.15, 0.2) is 5.65 Å². The molecule has 0 saturated carbocycles. The molecule has 10 nitrogen and oxygen atoms in total. The summed E-state index contributed by atoms with van der Waals surface area (Å²) in [7, 11) is 0. The first-order valence-corrected chi connectivity index (χ1v) is 10.6. The Morgan fingerprint density at radius 3 is 2.82 bits per heavy atom. The first-order valence-electron chi connectivity index (χ1n) is 10.6. The Kier molecular flexibility index (Phi) is 5.38. The van der Waals surface area contributed by atoms with Crippen LogP contribution in [0.3, 0.4) is 0 Å². The normalized spacial score (nSPS) is 15.8. The SMILES string of the molecule is N#Cc1ccnc(NC(=O)c2ccc(-c3nn([C@@H]4CCCNC4)c4ncnc(N)c34)cc2)c1. The monoisotopic (exact) mass is 439 g/mol. The van der Waals surface area contributed by atoms with Crippen LogP contribution in [-0.4, -0.2) is 43.7 Å². The van der Waals surface area contributed by atoms with Crippen LogP contribution in [0.4, 0.5) is 11.6 Å². The maximum absolute atomic E-state index is 12.6. The van der Waals surface area contributed by atoms with Crippen molar-refractivity contribution in [3.05, 3.63) is 60.0 Å². The van der Waals surface area contributed by atoms with E-state index in [-0.39, 0.29) is 11.9 Å². The lowest BCUT2D eigenvalue weighted by molar-refractivity contribution is 0.102. The molecule has 0 spiro atoms. The van der Waals surface area contributed by atoms with Gasteiger partial charge in [0.05, 0.1) is 23.1 Å². The minimum absolute atomic E-state index is 0.186. The molecule has 5 rings (SSSR count). The molecule has 33 heavy (non-hydrogen) atoms. The highest BCUT2D eigenvalue weighted by Crippen LogP contribution is 2.33. The van der Waals surface area contributed by atoms with Gasteiger partial charge in [0.25, 0.3) is 5.91 Å². The van der Waals surface area contributed by atoms with Gasteiger partial charge in [-0.15, -0.1) is 0 Å². The van der Waals surface area contributed by atoms with Gasteiger partial charge in [-0.1, -0.05) is 12.1 Å². The summed E-state index contributed by atoms with van der Waals surface area (Å²) >= 11 is 0. The van der Waals surface area contributed by atoms with Gasteiger partial charge >= 0.3 is 0 Å². The van der Waals surface area contributed by atoms with Crippen LogP contribution < -0.4 is 16.4 Å². The number of anilines is 2. The molecule has 3 aromatic heterocycles. The number of nitrogens with one attached hydrogen (secondary N) is 2. The Morgan fingerprint density at radius 2 is 2.06 bits per heavy atom. The predicted molar refractivity (Wildman–Crippen MR) is 123 cm³/mol. The molecule has 1 aromatic carbocycles. The van der Waals surface area contributed by atoms with Gasteiger partial charge < -0.3 is 16.4 Å². The minimum Gasteiger partial charge on any atom is -0.383 e. The maximum atomic E-state index is 12.6. The smallest absolute Gasteiger partial charge is 0.256 e. The molecule has 4 aromatic rings. The van der Waals surface area contributed by atoms with Crippen LogP contribution >= 0.6 is 0 Å². The average Bonchev–Trinajstić information content (AvgIpc) is 3.26. The lowest BCUT2D eigenvalue weighted by Crippen LogP contribution is -2.32. The Bertz CT molecular complexity index is 1370. The first kappa shape index (κ1) is 20.5. The number of nitrogens with two attached hydrogens (primary N) is 1. The molecule has 1 saturated heterocycles. The van der Waals surface area contributed by atoms with E-state index < -0.39 is 0 Å². The Balaban J connectivity index is 1.46. The van der Waals surface area contributed by atoms with E-state index in [0.29, 0.717) is 39.5 Å². The van der Waals surface area contributed by atoms with Gasteiger partial charge in [-0.05, 0) is 43.7 Å². The number of nitrogen functional groups attached to an aromatic ring is 1. The van der Waals surface area contributed by atoms with E-state index in [1.54, 1.807) is 18.2 Å². The van der Waals surface area contributed by atoms with Gasteiger partial charge in [0.2, 0.25) is 0 Å². The molecule has 0 aliphatic carbocycles. The van der Waals surface area contributed by atoms with E-state index in [0.717, 1.165) is 31.5 Å². The summed E-state index contributed by atoms with van der Waals surface area (Å²) in [4.78, 5) is 25.3. The Hall–Kier alpha value is -4.36. The lowest BCUT2D eigenvalue weighted by atomic mass is 10.1. The van der Waals surface area contributed by atoms with Crippen LogP contribution in [0.25, 0.3) is 22.3 Å². The third-order valence-electron chi connectivity index (χ3n) is 5.69. The topological polar surface area (TPSA) is 147 Å². The van der Waals surface area contributed by atoms with Crippen LogP contribution in [0.1, 0.15) is 34.8 Å². The number of carbonyl (C=O) groups excluding carboxylic acids is 1. The average molecular weight is 439 g/mol. The number of amides is 1. The van der Waals surface area contributed by atoms with E-state index in [1.165, 1.54) is 18.6 Å².